The molecule has 0 radical (unpaired) electrons. The highest BCUT2D eigenvalue weighted by molar-refractivity contribution is 5.97. The van der Waals surface area contributed by atoms with Gasteiger partial charge in [-0.25, -0.2) is 9.59 Å². The van der Waals surface area contributed by atoms with Crippen LogP contribution < -0.4 is 11.1 Å². The van der Waals surface area contributed by atoms with E-state index in [1.807, 2.05) is 0 Å². The van der Waals surface area contributed by atoms with Crippen LogP contribution in [-0.4, -0.2) is 24.0 Å². The smallest absolute Gasteiger partial charge is 0.416 e. The van der Waals surface area contributed by atoms with Crippen molar-refractivity contribution in [2.75, 3.05) is 0 Å². The lowest BCUT2D eigenvalue weighted by molar-refractivity contribution is -0.153. The van der Waals surface area contributed by atoms with Crippen molar-refractivity contribution < 1.29 is 32.3 Å². The number of nitrogens with one attached hydrogen (secondary N) is 1. The largest absolute Gasteiger partial charge is 0.449 e. The van der Waals surface area contributed by atoms with Crippen LogP contribution in [0.1, 0.15) is 25.0 Å². The van der Waals surface area contributed by atoms with Crippen molar-refractivity contribution in [1.29, 1.82) is 0 Å². The summed E-state index contributed by atoms with van der Waals surface area (Å²) in [6.07, 6.45) is -3.75. The summed E-state index contributed by atoms with van der Waals surface area (Å²) >= 11 is 0. The Labute approximate surface area is 141 Å². The standard InChI is InChI=1S/C16H17F3N2O4/c1-9(2)13(14(23)21-15(20)24)25-12(22)7-6-10-4-3-5-11(8-10)16(17,18)19/h3-9,13H,1-2H3,(H3,20,21,23,24)/b7-6+. The summed E-state index contributed by atoms with van der Waals surface area (Å²) in [5.74, 6) is -2.29. The van der Waals surface area contributed by atoms with Crippen LogP contribution in [0.2, 0.25) is 0 Å². The number of primary amides is 1. The Balaban J connectivity index is 2.82. The van der Waals surface area contributed by atoms with Crippen LogP contribution in [0.5, 0.6) is 0 Å². The SMILES string of the molecule is CC(C)C(OC(=O)/C=C/c1cccc(C(F)(F)F)c1)C(=O)NC(N)=O. The number of rotatable bonds is 5. The lowest BCUT2D eigenvalue weighted by Gasteiger charge is -2.18. The summed E-state index contributed by atoms with van der Waals surface area (Å²) in [4.78, 5) is 34.2. The maximum absolute atomic E-state index is 12.6. The van der Waals surface area contributed by atoms with E-state index in [1.165, 1.54) is 12.1 Å². The first-order chi connectivity index (χ1) is 11.5. The number of alkyl halides is 3. The maximum Gasteiger partial charge on any atom is 0.416 e. The number of imide groups is 1. The molecule has 1 aromatic carbocycles. The molecule has 1 rings (SSSR count). The van der Waals surface area contributed by atoms with Gasteiger partial charge in [-0.3, -0.25) is 10.1 Å². The summed E-state index contributed by atoms with van der Waals surface area (Å²) in [7, 11) is 0. The van der Waals surface area contributed by atoms with Crippen molar-refractivity contribution in [3.8, 4) is 0 Å². The van der Waals surface area contributed by atoms with Gasteiger partial charge in [0.25, 0.3) is 5.91 Å². The molecule has 0 fully saturated rings. The summed E-state index contributed by atoms with van der Waals surface area (Å²) in [6, 6.07) is 3.25. The van der Waals surface area contributed by atoms with Crippen LogP contribution in [0, 0.1) is 5.92 Å². The number of halogens is 3. The number of urea groups is 1. The number of benzene rings is 1. The van der Waals surface area contributed by atoms with Crippen LogP contribution in [0.15, 0.2) is 30.3 Å². The second-order valence-corrected chi connectivity index (χ2v) is 5.41. The van der Waals surface area contributed by atoms with Crippen molar-refractivity contribution in [2.45, 2.75) is 26.1 Å². The number of hydrogen-bond acceptors (Lipinski definition) is 4. The molecule has 3 N–H and O–H groups in total. The normalized spacial score (nSPS) is 12.9. The first-order valence-corrected chi connectivity index (χ1v) is 7.17. The minimum atomic E-state index is -4.50. The van der Waals surface area contributed by atoms with Gasteiger partial charge >= 0.3 is 18.2 Å². The fraction of sp³-hybridized carbons (Fsp3) is 0.312. The Morgan fingerprint density at radius 3 is 2.40 bits per heavy atom. The number of nitrogens with two attached hydrogens (primary N) is 1. The molecular formula is C16H17F3N2O4. The molecular weight excluding hydrogens is 341 g/mol. The zero-order valence-electron chi connectivity index (χ0n) is 13.5. The van der Waals surface area contributed by atoms with E-state index < -0.39 is 41.7 Å². The number of amides is 3. The Kier molecular flexibility index (Phi) is 6.72. The Hall–Kier alpha value is -2.84. The number of hydrogen-bond donors (Lipinski definition) is 2. The minimum absolute atomic E-state index is 0.134. The molecule has 1 aromatic rings. The molecule has 136 valence electrons. The highest BCUT2D eigenvalue weighted by atomic mass is 19.4. The topological polar surface area (TPSA) is 98.5 Å². The molecule has 25 heavy (non-hydrogen) atoms. The molecule has 6 nitrogen and oxygen atoms in total. The van der Waals surface area contributed by atoms with Crippen LogP contribution in [-0.2, 0) is 20.5 Å². The zero-order valence-corrected chi connectivity index (χ0v) is 13.5. The van der Waals surface area contributed by atoms with Gasteiger partial charge in [0.05, 0.1) is 5.56 Å². The van der Waals surface area contributed by atoms with E-state index >= 15 is 0 Å². The summed E-state index contributed by atoms with van der Waals surface area (Å²) in [6.45, 7) is 3.16. The van der Waals surface area contributed by atoms with Crippen molar-refractivity contribution in [3.05, 3.63) is 41.5 Å². The van der Waals surface area contributed by atoms with Gasteiger partial charge in [0.1, 0.15) is 0 Å². The van der Waals surface area contributed by atoms with Crippen molar-refractivity contribution in [1.82, 2.24) is 5.32 Å². The van der Waals surface area contributed by atoms with E-state index in [1.54, 1.807) is 19.2 Å². The van der Waals surface area contributed by atoms with Gasteiger partial charge in [-0.05, 0) is 29.7 Å². The second kappa shape index (κ2) is 8.32. The van der Waals surface area contributed by atoms with Gasteiger partial charge < -0.3 is 10.5 Å². The lowest BCUT2D eigenvalue weighted by Crippen LogP contribution is -2.45. The molecule has 0 saturated carbocycles. The summed E-state index contributed by atoms with van der Waals surface area (Å²) in [5, 5.41) is 1.80. The van der Waals surface area contributed by atoms with Gasteiger partial charge in [-0.1, -0.05) is 26.0 Å². The van der Waals surface area contributed by atoms with Gasteiger partial charge in [-0.2, -0.15) is 13.2 Å². The molecule has 0 bridgehead atoms. The fourth-order valence-corrected chi connectivity index (χ4v) is 1.83. The van der Waals surface area contributed by atoms with E-state index in [2.05, 4.69) is 0 Å². The third-order valence-electron chi connectivity index (χ3n) is 2.98. The first kappa shape index (κ1) is 20.2. The highest BCUT2D eigenvalue weighted by Crippen LogP contribution is 2.29. The Morgan fingerprint density at radius 1 is 1.24 bits per heavy atom. The van der Waals surface area contributed by atoms with Gasteiger partial charge in [0.15, 0.2) is 6.10 Å². The highest BCUT2D eigenvalue weighted by Gasteiger charge is 2.30. The molecule has 0 heterocycles. The Morgan fingerprint density at radius 2 is 1.88 bits per heavy atom. The average molecular weight is 358 g/mol. The lowest BCUT2D eigenvalue weighted by atomic mass is 10.1. The van der Waals surface area contributed by atoms with E-state index in [9.17, 15) is 27.6 Å². The monoisotopic (exact) mass is 358 g/mol. The summed E-state index contributed by atoms with van der Waals surface area (Å²) in [5.41, 5.74) is 4.11. The number of carbonyl (C=O) groups excluding carboxylic acids is 3. The van der Waals surface area contributed by atoms with E-state index in [0.29, 0.717) is 0 Å². The van der Waals surface area contributed by atoms with Gasteiger partial charge in [0.2, 0.25) is 0 Å². The van der Waals surface area contributed by atoms with Crippen LogP contribution >= 0.6 is 0 Å². The van der Waals surface area contributed by atoms with E-state index in [0.717, 1.165) is 24.3 Å². The van der Waals surface area contributed by atoms with E-state index in [4.69, 9.17) is 10.5 Å². The molecule has 0 aliphatic heterocycles. The van der Waals surface area contributed by atoms with Gasteiger partial charge in [-0.15, -0.1) is 0 Å². The van der Waals surface area contributed by atoms with Gasteiger partial charge in [0, 0.05) is 6.08 Å². The molecule has 0 saturated heterocycles. The van der Waals surface area contributed by atoms with E-state index in [-0.39, 0.29) is 5.56 Å². The first-order valence-electron chi connectivity index (χ1n) is 7.17. The van der Waals surface area contributed by atoms with Crippen LogP contribution in [0.3, 0.4) is 0 Å². The average Bonchev–Trinajstić information content (AvgIpc) is 2.49. The molecule has 9 heteroatoms. The van der Waals surface area contributed by atoms with Crippen molar-refractivity contribution >= 4 is 24.0 Å². The molecule has 3 amide bonds. The molecule has 0 spiro atoms. The number of carbonyl (C=O) groups is 3. The molecule has 0 aromatic heterocycles. The Bertz CT molecular complexity index is 684. The zero-order chi connectivity index (χ0) is 19.2. The fourth-order valence-electron chi connectivity index (χ4n) is 1.83. The van der Waals surface area contributed by atoms with Crippen LogP contribution in [0.25, 0.3) is 6.08 Å². The summed E-state index contributed by atoms with van der Waals surface area (Å²) < 4.78 is 42.8. The molecule has 1 unspecified atom stereocenters. The second-order valence-electron chi connectivity index (χ2n) is 5.41. The predicted octanol–water partition coefficient (Wildman–Crippen LogP) is 2.48. The minimum Gasteiger partial charge on any atom is -0.449 e. The molecule has 0 aliphatic rings. The number of ether oxygens (including phenoxy) is 1. The molecule has 1 atom stereocenters. The maximum atomic E-state index is 12.6. The van der Waals surface area contributed by atoms with Crippen molar-refractivity contribution in [3.63, 3.8) is 0 Å². The quantitative estimate of drug-likeness (QED) is 0.624. The molecule has 0 aliphatic carbocycles. The number of esters is 1. The third-order valence-corrected chi connectivity index (χ3v) is 2.98. The van der Waals surface area contributed by atoms with Crippen molar-refractivity contribution in [2.24, 2.45) is 11.7 Å². The van der Waals surface area contributed by atoms with Crippen LogP contribution in [0.4, 0.5) is 18.0 Å². The predicted molar refractivity (Wildman–Crippen MR) is 82.9 cm³/mol. The third kappa shape index (κ3) is 6.66.